The average molecular weight is 355 g/mol. The average Bonchev–Trinajstić information content (AvgIpc) is 3.04. The summed E-state index contributed by atoms with van der Waals surface area (Å²) in [5.74, 6) is 0.492. The molecule has 0 atom stereocenters. The molecule has 0 fully saturated rings. The third-order valence-electron chi connectivity index (χ3n) is 4.74. The molecule has 0 bridgehead atoms. The first-order valence-electron chi connectivity index (χ1n) is 9.00. The van der Waals surface area contributed by atoms with Gasteiger partial charge in [-0.05, 0) is 48.2 Å². The number of amides is 1. The van der Waals surface area contributed by atoms with Crippen molar-refractivity contribution in [2.45, 2.75) is 20.3 Å². The summed E-state index contributed by atoms with van der Waals surface area (Å²) >= 11 is 0. The molecule has 0 unspecified atom stereocenters. The third kappa shape index (κ3) is 3.60. The lowest BCUT2D eigenvalue weighted by atomic mass is 9.98. The standard InChI is InChI=1S/C23H21N3O/c1-15-8-10-18(11-9-15)19-14-20-21(12-16(19)2)25-26-23(20)24-22(27)13-17-6-4-3-5-7-17/h3-12,14H,13H2,1-2H3,(H2,24,25,26,27). The molecule has 4 rings (SSSR count). The summed E-state index contributed by atoms with van der Waals surface area (Å²) in [5, 5.41) is 11.2. The zero-order valence-electron chi connectivity index (χ0n) is 15.4. The van der Waals surface area contributed by atoms with Gasteiger partial charge in [0.25, 0.3) is 0 Å². The molecule has 0 aliphatic carbocycles. The van der Waals surface area contributed by atoms with E-state index in [-0.39, 0.29) is 5.91 Å². The summed E-state index contributed by atoms with van der Waals surface area (Å²) < 4.78 is 0. The van der Waals surface area contributed by atoms with Crippen molar-refractivity contribution in [3.8, 4) is 11.1 Å². The van der Waals surface area contributed by atoms with E-state index in [4.69, 9.17) is 0 Å². The van der Waals surface area contributed by atoms with Crippen molar-refractivity contribution in [1.29, 1.82) is 0 Å². The fourth-order valence-corrected chi connectivity index (χ4v) is 3.27. The van der Waals surface area contributed by atoms with Crippen LogP contribution in [0.3, 0.4) is 0 Å². The van der Waals surface area contributed by atoms with Crippen LogP contribution in [0.15, 0.2) is 66.7 Å². The van der Waals surface area contributed by atoms with Gasteiger partial charge in [-0.1, -0.05) is 60.2 Å². The first-order chi connectivity index (χ1) is 13.1. The molecule has 0 saturated carbocycles. The van der Waals surface area contributed by atoms with Crippen molar-refractivity contribution in [2.24, 2.45) is 0 Å². The number of carbonyl (C=O) groups is 1. The molecule has 0 radical (unpaired) electrons. The molecule has 1 amide bonds. The maximum Gasteiger partial charge on any atom is 0.230 e. The number of anilines is 1. The van der Waals surface area contributed by atoms with E-state index in [9.17, 15) is 4.79 Å². The number of aromatic amines is 1. The minimum Gasteiger partial charge on any atom is -0.308 e. The molecule has 0 saturated heterocycles. The quantitative estimate of drug-likeness (QED) is 0.539. The SMILES string of the molecule is Cc1ccc(-c2cc3c(NC(=O)Cc4ccccc4)n[nH]c3cc2C)cc1. The van der Waals surface area contributed by atoms with Crippen molar-refractivity contribution in [1.82, 2.24) is 10.2 Å². The first-order valence-corrected chi connectivity index (χ1v) is 9.00. The summed E-state index contributed by atoms with van der Waals surface area (Å²) in [6, 6.07) is 22.3. The summed E-state index contributed by atoms with van der Waals surface area (Å²) in [6.07, 6.45) is 0.325. The molecule has 0 aliphatic rings. The Kier molecular flexibility index (Phi) is 4.47. The largest absolute Gasteiger partial charge is 0.308 e. The van der Waals surface area contributed by atoms with E-state index in [1.807, 2.05) is 30.3 Å². The minimum absolute atomic E-state index is 0.0768. The number of nitrogens with zero attached hydrogens (tertiary/aromatic N) is 1. The fraction of sp³-hybridized carbons (Fsp3) is 0.130. The van der Waals surface area contributed by atoms with Gasteiger partial charge in [-0.15, -0.1) is 0 Å². The molecule has 1 aromatic heterocycles. The molecular formula is C23H21N3O. The number of fused-ring (bicyclic) bond motifs is 1. The predicted octanol–water partition coefficient (Wildman–Crippen LogP) is 5.03. The van der Waals surface area contributed by atoms with E-state index >= 15 is 0 Å². The van der Waals surface area contributed by atoms with Gasteiger partial charge in [-0.2, -0.15) is 5.10 Å². The molecule has 1 heterocycles. The number of nitrogens with one attached hydrogen (secondary N) is 2. The highest BCUT2D eigenvalue weighted by molar-refractivity contribution is 6.02. The number of hydrogen-bond acceptors (Lipinski definition) is 2. The summed E-state index contributed by atoms with van der Waals surface area (Å²) in [4.78, 5) is 12.4. The second-order valence-corrected chi connectivity index (χ2v) is 6.86. The first kappa shape index (κ1) is 17.0. The lowest BCUT2D eigenvalue weighted by Gasteiger charge is -2.08. The molecule has 0 aliphatic heterocycles. The van der Waals surface area contributed by atoms with Crippen molar-refractivity contribution in [3.63, 3.8) is 0 Å². The van der Waals surface area contributed by atoms with Gasteiger partial charge in [0.2, 0.25) is 5.91 Å². The summed E-state index contributed by atoms with van der Waals surface area (Å²) in [5.41, 5.74) is 6.58. The van der Waals surface area contributed by atoms with Crippen molar-refractivity contribution in [2.75, 3.05) is 5.32 Å². The Balaban J connectivity index is 1.65. The number of hydrogen-bond donors (Lipinski definition) is 2. The van der Waals surface area contributed by atoms with Crippen LogP contribution in [0.4, 0.5) is 5.82 Å². The van der Waals surface area contributed by atoms with Crippen LogP contribution < -0.4 is 5.32 Å². The van der Waals surface area contributed by atoms with E-state index in [2.05, 4.69) is 65.8 Å². The van der Waals surface area contributed by atoms with E-state index in [0.29, 0.717) is 12.2 Å². The van der Waals surface area contributed by atoms with Gasteiger partial charge in [0.1, 0.15) is 0 Å². The van der Waals surface area contributed by atoms with Crippen LogP contribution in [0, 0.1) is 13.8 Å². The van der Waals surface area contributed by atoms with Crippen LogP contribution in [-0.4, -0.2) is 16.1 Å². The van der Waals surface area contributed by atoms with E-state index in [1.165, 1.54) is 5.56 Å². The number of aryl methyl sites for hydroxylation is 2. The molecule has 27 heavy (non-hydrogen) atoms. The Morgan fingerprint density at radius 1 is 1.00 bits per heavy atom. The predicted molar refractivity (Wildman–Crippen MR) is 110 cm³/mol. The van der Waals surface area contributed by atoms with Crippen LogP contribution in [0.5, 0.6) is 0 Å². The normalized spacial score (nSPS) is 10.9. The lowest BCUT2D eigenvalue weighted by Crippen LogP contribution is -2.14. The van der Waals surface area contributed by atoms with Gasteiger partial charge >= 0.3 is 0 Å². The molecule has 2 N–H and O–H groups in total. The van der Waals surface area contributed by atoms with Crippen LogP contribution in [0.2, 0.25) is 0 Å². The number of aromatic nitrogens is 2. The second kappa shape index (κ2) is 7.08. The molecular weight excluding hydrogens is 334 g/mol. The second-order valence-electron chi connectivity index (χ2n) is 6.86. The topological polar surface area (TPSA) is 57.8 Å². The Bertz CT molecular complexity index is 1100. The monoisotopic (exact) mass is 355 g/mol. The highest BCUT2D eigenvalue weighted by atomic mass is 16.1. The number of carbonyl (C=O) groups excluding carboxylic acids is 1. The van der Waals surface area contributed by atoms with Gasteiger partial charge in [0.05, 0.1) is 11.9 Å². The molecule has 0 spiro atoms. The molecule has 4 nitrogen and oxygen atoms in total. The van der Waals surface area contributed by atoms with Crippen LogP contribution in [0.1, 0.15) is 16.7 Å². The van der Waals surface area contributed by atoms with Crippen LogP contribution in [0.25, 0.3) is 22.0 Å². The minimum atomic E-state index is -0.0768. The Morgan fingerprint density at radius 3 is 2.48 bits per heavy atom. The van der Waals surface area contributed by atoms with Crippen molar-refractivity contribution < 1.29 is 4.79 Å². The zero-order chi connectivity index (χ0) is 18.8. The van der Waals surface area contributed by atoms with Gasteiger partial charge in [0, 0.05) is 5.39 Å². The van der Waals surface area contributed by atoms with Crippen LogP contribution in [-0.2, 0) is 11.2 Å². The van der Waals surface area contributed by atoms with Gasteiger partial charge in [0.15, 0.2) is 5.82 Å². The fourth-order valence-electron chi connectivity index (χ4n) is 3.27. The lowest BCUT2D eigenvalue weighted by molar-refractivity contribution is -0.115. The van der Waals surface area contributed by atoms with Crippen molar-refractivity contribution in [3.05, 3.63) is 83.4 Å². The van der Waals surface area contributed by atoms with E-state index < -0.39 is 0 Å². The van der Waals surface area contributed by atoms with Gasteiger partial charge < -0.3 is 5.32 Å². The highest BCUT2D eigenvalue weighted by Crippen LogP contribution is 2.31. The Labute approximate surface area is 158 Å². The zero-order valence-corrected chi connectivity index (χ0v) is 15.4. The van der Waals surface area contributed by atoms with Gasteiger partial charge in [-0.25, -0.2) is 0 Å². The maximum atomic E-state index is 12.4. The Hall–Kier alpha value is -3.40. The number of rotatable bonds is 4. The maximum absolute atomic E-state index is 12.4. The number of benzene rings is 3. The van der Waals surface area contributed by atoms with Crippen LogP contribution >= 0.6 is 0 Å². The molecule has 134 valence electrons. The summed E-state index contributed by atoms with van der Waals surface area (Å²) in [6.45, 7) is 4.17. The highest BCUT2D eigenvalue weighted by Gasteiger charge is 2.13. The Morgan fingerprint density at radius 2 is 1.74 bits per heavy atom. The number of H-pyrrole nitrogens is 1. The van der Waals surface area contributed by atoms with Gasteiger partial charge in [-0.3, -0.25) is 9.89 Å². The van der Waals surface area contributed by atoms with E-state index in [1.54, 1.807) is 0 Å². The smallest absolute Gasteiger partial charge is 0.230 e. The third-order valence-corrected chi connectivity index (χ3v) is 4.74. The van der Waals surface area contributed by atoms with Crippen molar-refractivity contribution >= 4 is 22.6 Å². The molecule has 4 heteroatoms. The molecule has 3 aromatic carbocycles. The molecule has 4 aromatic rings. The summed E-state index contributed by atoms with van der Waals surface area (Å²) in [7, 11) is 0. The van der Waals surface area contributed by atoms with E-state index in [0.717, 1.165) is 33.2 Å².